The molecule has 42 heavy (non-hydrogen) atoms. The molecule has 5 heteroatoms. The van der Waals surface area contributed by atoms with E-state index in [4.69, 9.17) is 4.74 Å². The van der Waals surface area contributed by atoms with E-state index in [1.54, 1.807) is 0 Å². The Hall–Kier alpha value is -5.26. The molecule has 0 saturated heterocycles. The van der Waals surface area contributed by atoms with Gasteiger partial charge in [0.2, 0.25) is 5.52 Å². The summed E-state index contributed by atoms with van der Waals surface area (Å²) < 4.78 is 17.1. The summed E-state index contributed by atoms with van der Waals surface area (Å²) in [6.45, 7) is 0. The zero-order valence-electron chi connectivity index (χ0n) is 22.1. The van der Waals surface area contributed by atoms with Gasteiger partial charge in [-0.25, -0.2) is 0 Å². The van der Waals surface area contributed by atoms with Gasteiger partial charge >= 0.3 is 5.66 Å². The molecule has 3 aliphatic heterocycles. The lowest BCUT2D eigenvalue weighted by Crippen LogP contribution is -2.75. The van der Waals surface area contributed by atoms with Gasteiger partial charge in [-0.3, -0.25) is 0 Å². The van der Waals surface area contributed by atoms with Gasteiger partial charge < -0.3 is 4.74 Å². The molecule has 1 atom stereocenters. The van der Waals surface area contributed by atoms with Crippen molar-refractivity contribution in [2.75, 3.05) is 0 Å². The lowest BCUT2D eigenvalue weighted by molar-refractivity contribution is -0.956. The Balaban J connectivity index is 1.42. The molecular formula is C37H19N3OS+2. The van der Waals surface area contributed by atoms with Gasteiger partial charge in [-0.15, -0.1) is 15.9 Å². The Morgan fingerprint density at radius 2 is 1.36 bits per heavy atom. The molecule has 192 valence electrons. The van der Waals surface area contributed by atoms with Crippen molar-refractivity contribution in [1.29, 1.82) is 0 Å². The maximum atomic E-state index is 6.90. The number of hydrogen-bond acceptors (Lipinski definition) is 2. The van der Waals surface area contributed by atoms with Gasteiger partial charge in [-0.2, -0.15) is 9.13 Å². The van der Waals surface area contributed by atoms with Crippen LogP contribution in [0, 0.1) is 0 Å². The molecule has 0 N–H and O–H groups in total. The molecule has 0 saturated carbocycles. The minimum Gasteiger partial charge on any atom is -0.456 e. The number of ether oxygens (including phenoxy) is 1. The van der Waals surface area contributed by atoms with E-state index in [-0.39, 0.29) is 0 Å². The van der Waals surface area contributed by atoms with E-state index in [0.29, 0.717) is 0 Å². The second-order valence-electron chi connectivity index (χ2n) is 11.7. The minimum absolute atomic E-state index is 0.621. The van der Waals surface area contributed by atoms with E-state index >= 15 is 0 Å². The van der Waals surface area contributed by atoms with Crippen molar-refractivity contribution in [3.05, 3.63) is 127 Å². The summed E-state index contributed by atoms with van der Waals surface area (Å²) in [5.41, 5.74) is 5.55. The van der Waals surface area contributed by atoms with Crippen LogP contribution < -0.4 is 13.9 Å². The molecule has 4 aromatic heterocycles. The van der Waals surface area contributed by atoms with Gasteiger partial charge in [-0.1, -0.05) is 36.4 Å². The van der Waals surface area contributed by atoms with Crippen LogP contribution in [0.5, 0.6) is 11.5 Å². The molecular weight excluding hydrogens is 534 g/mol. The van der Waals surface area contributed by atoms with Crippen molar-refractivity contribution in [2.45, 2.75) is 5.66 Å². The average Bonchev–Trinajstić information content (AvgIpc) is 3.70. The number of hydrogen-bond donors (Lipinski definition) is 0. The first kappa shape index (κ1) is 20.6. The first-order chi connectivity index (χ1) is 20.9. The predicted molar refractivity (Wildman–Crippen MR) is 167 cm³/mol. The molecule has 9 aromatic rings. The van der Waals surface area contributed by atoms with Gasteiger partial charge in [0, 0.05) is 48.5 Å². The van der Waals surface area contributed by atoms with Crippen molar-refractivity contribution in [3.63, 3.8) is 0 Å². The van der Waals surface area contributed by atoms with E-state index < -0.39 is 5.66 Å². The maximum absolute atomic E-state index is 6.90. The summed E-state index contributed by atoms with van der Waals surface area (Å²) in [5, 5.41) is 9.10. The zero-order valence-corrected chi connectivity index (χ0v) is 22.9. The van der Waals surface area contributed by atoms with Crippen molar-refractivity contribution < 1.29 is 13.9 Å². The molecule has 1 unspecified atom stereocenters. The lowest BCUT2D eigenvalue weighted by atomic mass is 9.83. The minimum atomic E-state index is -0.621. The van der Waals surface area contributed by atoms with E-state index in [9.17, 15) is 0 Å². The molecule has 4 nitrogen and oxygen atoms in total. The second kappa shape index (κ2) is 6.46. The monoisotopic (exact) mass is 553 g/mol. The fourth-order valence-corrected chi connectivity index (χ4v) is 9.87. The summed E-state index contributed by atoms with van der Waals surface area (Å²) in [7, 11) is 0. The Morgan fingerprint density at radius 1 is 0.595 bits per heavy atom. The third-order valence-electron chi connectivity index (χ3n) is 9.99. The van der Waals surface area contributed by atoms with E-state index in [0.717, 1.165) is 17.3 Å². The summed E-state index contributed by atoms with van der Waals surface area (Å²) >= 11 is 1.90. The third-order valence-corrected chi connectivity index (χ3v) is 11.2. The zero-order chi connectivity index (χ0) is 26.9. The topological polar surface area (TPSA) is 21.9 Å². The van der Waals surface area contributed by atoms with Crippen LogP contribution in [0.3, 0.4) is 0 Å². The molecule has 5 aromatic carbocycles. The highest BCUT2D eigenvalue weighted by Crippen LogP contribution is 2.58. The average molecular weight is 554 g/mol. The number of aromatic nitrogens is 3. The summed E-state index contributed by atoms with van der Waals surface area (Å²) in [4.78, 5) is 0. The molecule has 3 aliphatic rings. The normalized spacial score (nSPS) is 17.3. The predicted octanol–water partition coefficient (Wildman–Crippen LogP) is 8.06. The number of fused-ring (bicyclic) bond motifs is 10. The standard InChI is InChI=1S/C37H19N3OS/c1-3-11-25-20(8-1)21-14-16-27-33-35(21)40(25)29-13-5-6-18-38(29)37(33)32-26(41-27)17-15-24-31(32)34-23(10-7-19-39(34)37)30-22-9-2-4-12-28(22)42-36(24)30/h1-19H/q+2. The SMILES string of the molecule is c1cc[n+]2c(c1)-n1c3ccccc3c3ccc4c(c31)C21c2c(ccc3c5sc6ccccc6c5c5ccc[n+]1c5c23)O4. The molecule has 0 fully saturated rings. The summed E-state index contributed by atoms with van der Waals surface area (Å²) in [6, 6.07) is 37.7. The Kier molecular flexibility index (Phi) is 3.17. The van der Waals surface area contributed by atoms with Crippen LogP contribution in [0.4, 0.5) is 0 Å². The van der Waals surface area contributed by atoms with E-state index in [1.165, 1.54) is 74.8 Å². The van der Waals surface area contributed by atoms with Crippen molar-refractivity contribution in [2.24, 2.45) is 0 Å². The molecule has 7 heterocycles. The molecule has 0 radical (unpaired) electrons. The number of para-hydroxylation sites is 1. The van der Waals surface area contributed by atoms with Gasteiger partial charge in [-0.05, 0) is 54.6 Å². The van der Waals surface area contributed by atoms with Gasteiger partial charge in [0.15, 0.2) is 17.3 Å². The van der Waals surface area contributed by atoms with E-state index in [1.807, 2.05) is 11.3 Å². The van der Waals surface area contributed by atoms with Crippen molar-refractivity contribution in [3.8, 4) is 17.3 Å². The van der Waals surface area contributed by atoms with Gasteiger partial charge in [0.25, 0.3) is 5.82 Å². The van der Waals surface area contributed by atoms with Gasteiger partial charge in [0.1, 0.15) is 22.6 Å². The molecule has 12 rings (SSSR count). The molecule has 0 bridgehead atoms. The first-order valence-corrected chi connectivity index (χ1v) is 15.2. The van der Waals surface area contributed by atoms with Crippen LogP contribution >= 0.6 is 11.3 Å². The smallest absolute Gasteiger partial charge is 0.374 e. The van der Waals surface area contributed by atoms with Gasteiger partial charge in [0.05, 0.1) is 17.0 Å². The Labute approximate surface area is 242 Å². The fraction of sp³-hybridized carbons (Fsp3) is 0.0270. The number of rotatable bonds is 0. The van der Waals surface area contributed by atoms with Crippen LogP contribution in [-0.2, 0) is 5.66 Å². The Morgan fingerprint density at radius 3 is 2.31 bits per heavy atom. The lowest BCUT2D eigenvalue weighted by Gasteiger charge is -2.34. The molecule has 0 aliphatic carbocycles. The number of nitrogens with zero attached hydrogens (tertiary/aromatic N) is 3. The van der Waals surface area contributed by atoms with Crippen LogP contribution in [-0.4, -0.2) is 4.57 Å². The van der Waals surface area contributed by atoms with Crippen LogP contribution in [0.1, 0.15) is 11.1 Å². The number of thiophene rings is 1. The maximum Gasteiger partial charge on any atom is 0.374 e. The fourth-order valence-electron chi connectivity index (χ4n) is 8.62. The summed E-state index contributed by atoms with van der Waals surface area (Å²) in [6.07, 6.45) is 4.56. The highest BCUT2D eigenvalue weighted by atomic mass is 32.1. The highest BCUT2D eigenvalue weighted by molar-refractivity contribution is 7.27. The third kappa shape index (κ3) is 1.91. The van der Waals surface area contributed by atoms with E-state index in [2.05, 4.69) is 129 Å². The van der Waals surface area contributed by atoms with Crippen molar-refractivity contribution in [1.82, 2.24) is 4.57 Å². The van der Waals surface area contributed by atoms with Crippen LogP contribution in [0.25, 0.3) is 69.5 Å². The van der Waals surface area contributed by atoms with Crippen LogP contribution in [0.15, 0.2) is 116 Å². The van der Waals surface area contributed by atoms with Crippen LogP contribution in [0.2, 0.25) is 0 Å². The number of pyridine rings is 2. The summed E-state index contributed by atoms with van der Waals surface area (Å²) in [5.74, 6) is 3.01. The quantitative estimate of drug-likeness (QED) is 0.138. The highest BCUT2D eigenvalue weighted by Gasteiger charge is 2.66. The second-order valence-corrected chi connectivity index (χ2v) is 12.7. The van der Waals surface area contributed by atoms with Crippen molar-refractivity contribution >= 4 is 75.0 Å². The number of benzene rings is 5. The molecule has 0 amide bonds. The first-order valence-electron chi connectivity index (χ1n) is 14.4. The Bertz CT molecular complexity index is 2790. The largest absolute Gasteiger partial charge is 0.456 e. The molecule has 1 spiro atoms.